The molecule has 0 bridgehead atoms. The third-order valence-corrected chi connectivity index (χ3v) is 2.46. The topological polar surface area (TPSA) is 68.9 Å². The van der Waals surface area contributed by atoms with Gasteiger partial charge in [0.1, 0.15) is 18.2 Å². The van der Waals surface area contributed by atoms with Gasteiger partial charge in [-0.2, -0.15) is 0 Å². The van der Waals surface area contributed by atoms with Crippen molar-refractivity contribution >= 4 is 17.2 Å². The number of hydrogen-bond donors (Lipinski definition) is 2. The van der Waals surface area contributed by atoms with E-state index in [1.807, 2.05) is 18.2 Å². The van der Waals surface area contributed by atoms with Crippen LogP contribution in [0.2, 0.25) is 0 Å². The van der Waals surface area contributed by atoms with Crippen molar-refractivity contribution in [1.29, 1.82) is 0 Å². The highest BCUT2D eigenvalue weighted by molar-refractivity contribution is 5.99. The van der Waals surface area contributed by atoms with Crippen molar-refractivity contribution in [2.75, 3.05) is 37.9 Å². The average molecular weight is 235 g/mol. The molecule has 0 aromatic heterocycles. The standard InChI is InChI=1S/C12H17N3O2/c1-16-6-2-5-14-12-8-17-11-7-9(13)3-4-10(11)15-12/h3-4,7H,2,5-6,8,13H2,1H3,(H,14,15). The summed E-state index contributed by atoms with van der Waals surface area (Å²) in [6.45, 7) is 1.93. The molecule has 0 fully saturated rings. The second-order valence-electron chi connectivity index (χ2n) is 3.84. The maximum Gasteiger partial charge on any atom is 0.146 e. The van der Waals surface area contributed by atoms with Crippen molar-refractivity contribution in [3.05, 3.63) is 18.2 Å². The fraction of sp³-hybridized carbons (Fsp3) is 0.417. The van der Waals surface area contributed by atoms with Gasteiger partial charge in [-0.15, -0.1) is 0 Å². The third-order valence-electron chi connectivity index (χ3n) is 2.46. The van der Waals surface area contributed by atoms with Crippen LogP contribution >= 0.6 is 0 Å². The van der Waals surface area contributed by atoms with E-state index in [9.17, 15) is 0 Å². The minimum Gasteiger partial charge on any atom is -0.483 e. The predicted octanol–water partition coefficient (Wildman–Crippen LogP) is 1.51. The largest absolute Gasteiger partial charge is 0.483 e. The Bertz CT molecular complexity index is 418. The Balaban J connectivity index is 1.96. The molecule has 0 spiro atoms. The Kier molecular flexibility index (Phi) is 3.82. The maximum absolute atomic E-state index is 5.68. The lowest BCUT2D eigenvalue weighted by Gasteiger charge is -2.21. The van der Waals surface area contributed by atoms with Gasteiger partial charge in [0.15, 0.2) is 0 Å². The number of anilines is 2. The van der Waals surface area contributed by atoms with Crippen molar-refractivity contribution in [2.45, 2.75) is 6.42 Å². The molecule has 92 valence electrons. The Hall–Kier alpha value is -1.75. The molecule has 0 amide bonds. The molecule has 0 radical (unpaired) electrons. The van der Waals surface area contributed by atoms with Crippen molar-refractivity contribution in [3.63, 3.8) is 0 Å². The van der Waals surface area contributed by atoms with Gasteiger partial charge < -0.3 is 20.5 Å². The van der Waals surface area contributed by atoms with E-state index in [1.165, 1.54) is 0 Å². The summed E-state index contributed by atoms with van der Waals surface area (Å²) >= 11 is 0. The number of benzene rings is 1. The van der Waals surface area contributed by atoms with Gasteiger partial charge in [0.25, 0.3) is 0 Å². The number of nitrogens with two attached hydrogens (primary N) is 1. The highest BCUT2D eigenvalue weighted by Crippen LogP contribution is 2.29. The summed E-state index contributed by atoms with van der Waals surface area (Å²) in [6, 6.07) is 5.54. The molecule has 1 aliphatic heterocycles. The quantitative estimate of drug-likeness (QED) is 0.613. The number of amidine groups is 1. The molecule has 1 aromatic carbocycles. The van der Waals surface area contributed by atoms with Gasteiger partial charge in [-0.3, -0.25) is 4.99 Å². The lowest BCUT2D eigenvalue weighted by molar-refractivity contribution is 0.197. The molecule has 3 N–H and O–H groups in total. The number of nitrogens with one attached hydrogen (secondary N) is 1. The third kappa shape index (κ3) is 3.10. The summed E-state index contributed by atoms with van der Waals surface area (Å²) in [6.07, 6.45) is 0.913. The molecule has 1 aliphatic rings. The van der Waals surface area contributed by atoms with Gasteiger partial charge in [0.05, 0.1) is 5.69 Å². The molecular weight excluding hydrogens is 218 g/mol. The molecule has 0 unspecified atom stereocenters. The second kappa shape index (κ2) is 5.54. The Morgan fingerprint density at radius 1 is 1.53 bits per heavy atom. The minimum absolute atomic E-state index is 0.462. The van der Waals surface area contributed by atoms with Crippen LogP contribution < -0.4 is 15.8 Å². The summed E-state index contributed by atoms with van der Waals surface area (Å²) in [5, 5.41) is 3.23. The molecule has 0 atom stereocenters. The maximum atomic E-state index is 5.68. The summed E-state index contributed by atoms with van der Waals surface area (Å²) in [5.41, 5.74) is 7.29. The zero-order valence-corrected chi connectivity index (χ0v) is 9.90. The zero-order valence-electron chi connectivity index (χ0n) is 9.90. The number of methoxy groups -OCH3 is 1. The summed E-state index contributed by atoms with van der Waals surface area (Å²) in [5.74, 6) is 1.62. The van der Waals surface area contributed by atoms with E-state index in [-0.39, 0.29) is 0 Å². The van der Waals surface area contributed by atoms with Crippen LogP contribution in [-0.2, 0) is 4.74 Å². The summed E-state index contributed by atoms with van der Waals surface area (Å²) < 4.78 is 10.5. The Morgan fingerprint density at radius 2 is 2.41 bits per heavy atom. The average Bonchev–Trinajstić information content (AvgIpc) is 2.35. The monoisotopic (exact) mass is 235 g/mol. The van der Waals surface area contributed by atoms with Crippen LogP contribution in [0.1, 0.15) is 6.42 Å². The number of aliphatic imine (C=N–C) groups is 1. The zero-order chi connectivity index (χ0) is 12.1. The predicted molar refractivity (Wildman–Crippen MR) is 68.8 cm³/mol. The first-order valence-electron chi connectivity index (χ1n) is 5.61. The lowest BCUT2D eigenvalue weighted by Crippen LogP contribution is -2.26. The van der Waals surface area contributed by atoms with E-state index >= 15 is 0 Å². The Morgan fingerprint density at radius 3 is 3.24 bits per heavy atom. The fourth-order valence-electron chi connectivity index (χ4n) is 1.61. The number of fused-ring (bicyclic) bond motifs is 1. The van der Waals surface area contributed by atoms with Gasteiger partial charge in [-0.25, -0.2) is 0 Å². The van der Waals surface area contributed by atoms with Crippen molar-refractivity contribution < 1.29 is 9.47 Å². The molecule has 0 saturated carbocycles. The number of nitrogen functional groups attached to an aromatic ring is 1. The highest BCUT2D eigenvalue weighted by Gasteiger charge is 2.13. The first-order chi connectivity index (χ1) is 8.29. The van der Waals surface area contributed by atoms with Crippen LogP contribution in [0.4, 0.5) is 11.4 Å². The SMILES string of the molecule is COCCCN=C1COc2cc(N)ccc2N1. The van der Waals surface area contributed by atoms with Crippen LogP contribution in [0.15, 0.2) is 23.2 Å². The summed E-state index contributed by atoms with van der Waals surface area (Å²) in [4.78, 5) is 4.41. The van der Waals surface area contributed by atoms with Crippen LogP contribution in [-0.4, -0.2) is 32.7 Å². The van der Waals surface area contributed by atoms with Crippen LogP contribution in [0, 0.1) is 0 Å². The fourth-order valence-corrected chi connectivity index (χ4v) is 1.61. The van der Waals surface area contributed by atoms with E-state index < -0.39 is 0 Å². The van der Waals surface area contributed by atoms with Crippen molar-refractivity contribution in [2.24, 2.45) is 4.99 Å². The number of nitrogens with zero attached hydrogens (tertiary/aromatic N) is 1. The molecule has 17 heavy (non-hydrogen) atoms. The molecule has 1 heterocycles. The smallest absolute Gasteiger partial charge is 0.146 e. The first-order valence-corrected chi connectivity index (χ1v) is 5.61. The van der Waals surface area contributed by atoms with Gasteiger partial charge >= 0.3 is 0 Å². The molecular formula is C12H17N3O2. The van der Waals surface area contributed by atoms with Gasteiger partial charge in [0, 0.05) is 32.0 Å². The van der Waals surface area contributed by atoms with E-state index in [2.05, 4.69) is 10.3 Å². The van der Waals surface area contributed by atoms with E-state index in [1.54, 1.807) is 7.11 Å². The van der Waals surface area contributed by atoms with E-state index in [0.717, 1.165) is 36.8 Å². The summed E-state index contributed by atoms with van der Waals surface area (Å²) in [7, 11) is 1.69. The highest BCUT2D eigenvalue weighted by atomic mass is 16.5. The van der Waals surface area contributed by atoms with E-state index in [4.69, 9.17) is 15.2 Å². The molecule has 5 heteroatoms. The van der Waals surface area contributed by atoms with E-state index in [0.29, 0.717) is 12.3 Å². The van der Waals surface area contributed by atoms with Crippen molar-refractivity contribution in [1.82, 2.24) is 0 Å². The van der Waals surface area contributed by atoms with Crippen LogP contribution in [0.5, 0.6) is 5.75 Å². The number of hydrogen-bond acceptors (Lipinski definition) is 4. The Labute approximate surface area is 101 Å². The minimum atomic E-state index is 0.462. The molecule has 2 rings (SSSR count). The number of ether oxygens (including phenoxy) is 2. The number of rotatable bonds is 4. The molecule has 0 saturated heterocycles. The second-order valence-corrected chi connectivity index (χ2v) is 3.84. The van der Waals surface area contributed by atoms with Gasteiger partial charge in [0.2, 0.25) is 0 Å². The van der Waals surface area contributed by atoms with Crippen molar-refractivity contribution in [3.8, 4) is 5.75 Å². The van der Waals surface area contributed by atoms with Crippen LogP contribution in [0.3, 0.4) is 0 Å². The molecule has 1 aromatic rings. The van der Waals surface area contributed by atoms with Gasteiger partial charge in [-0.05, 0) is 18.6 Å². The van der Waals surface area contributed by atoms with Gasteiger partial charge in [-0.1, -0.05) is 0 Å². The molecule has 0 aliphatic carbocycles. The molecule has 5 nitrogen and oxygen atoms in total. The van der Waals surface area contributed by atoms with Crippen LogP contribution in [0.25, 0.3) is 0 Å². The first kappa shape index (κ1) is 11.7. The lowest BCUT2D eigenvalue weighted by atomic mass is 10.2. The normalized spacial score (nSPS) is 16.2.